The number of carbonyl (C=O) groups is 1. The quantitative estimate of drug-likeness (QED) is 0.937. The number of benzene rings is 1. The van der Waals surface area contributed by atoms with Crippen LogP contribution in [0.5, 0.6) is 0 Å². The number of hydrogen-bond donors (Lipinski definition) is 1. The Morgan fingerprint density at radius 1 is 1.14 bits per heavy atom. The van der Waals surface area contributed by atoms with Gasteiger partial charge in [0.05, 0.1) is 12.5 Å². The minimum absolute atomic E-state index is 0.0353. The van der Waals surface area contributed by atoms with Crippen molar-refractivity contribution in [2.45, 2.75) is 31.8 Å². The highest BCUT2D eigenvalue weighted by atomic mass is 16.5. The van der Waals surface area contributed by atoms with Crippen LogP contribution < -0.4 is 5.32 Å². The number of hydrogen-bond acceptors (Lipinski definition) is 3. The van der Waals surface area contributed by atoms with Gasteiger partial charge in [0.15, 0.2) is 0 Å². The van der Waals surface area contributed by atoms with E-state index in [1.807, 2.05) is 42.5 Å². The molecule has 1 aliphatic rings. The number of nitrogens with one attached hydrogen (secondary N) is 1. The Kier molecular flexibility index (Phi) is 4.81. The van der Waals surface area contributed by atoms with Crippen molar-refractivity contribution in [2.75, 3.05) is 11.9 Å². The van der Waals surface area contributed by atoms with Gasteiger partial charge in [0.1, 0.15) is 5.82 Å². The third-order valence-electron chi connectivity index (χ3n) is 3.83. The Bertz CT molecular complexity index is 605. The second-order valence-corrected chi connectivity index (χ2v) is 5.54. The summed E-state index contributed by atoms with van der Waals surface area (Å²) in [4.78, 5) is 16.3. The van der Waals surface area contributed by atoms with Crippen LogP contribution in [0.15, 0.2) is 48.7 Å². The van der Waals surface area contributed by atoms with Gasteiger partial charge in [-0.1, -0.05) is 30.3 Å². The summed E-state index contributed by atoms with van der Waals surface area (Å²) in [5, 5.41) is 2.84. The van der Waals surface area contributed by atoms with Crippen LogP contribution in [0.1, 0.15) is 25.7 Å². The Morgan fingerprint density at radius 3 is 2.68 bits per heavy atom. The van der Waals surface area contributed by atoms with Gasteiger partial charge >= 0.3 is 0 Å². The van der Waals surface area contributed by atoms with Crippen molar-refractivity contribution in [3.05, 3.63) is 48.7 Å². The van der Waals surface area contributed by atoms with Crippen molar-refractivity contribution >= 4 is 11.7 Å². The topological polar surface area (TPSA) is 51.2 Å². The van der Waals surface area contributed by atoms with Crippen LogP contribution in [0.3, 0.4) is 0 Å². The van der Waals surface area contributed by atoms with E-state index in [0.29, 0.717) is 12.2 Å². The van der Waals surface area contributed by atoms with Crippen molar-refractivity contribution < 1.29 is 9.53 Å². The van der Waals surface area contributed by atoms with Crippen molar-refractivity contribution in [2.24, 2.45) is 0 Å². The summed E-state index contributed by atoms with van der Waals surface area (Å²) in [6.45, 7) is 0.766. The van der Waals surface area contributed by atoms with Crippen LogP contribution in [0, 0.1) is 0 Å². The van der Waals surface area contributed by atoms with Gasteiger partial charge in [-0.05, 0) is 37.0 Å². The van der Waals surface area contributed by atoms with Crippen LogP contribution in [-0.2, 0) is 9.53 Å². The minimum Gasteiger partial charge on any atom is -0.378 e. The number of amides is 1. The molecule has 114 valence electrons. The van der Waals surface area contributed by atoms with Crippen molar-refractivity contribution in [1.82, 2.24) is 4.98 Å². The van der Waals surface area contributed by atoms with Gasteiger partial charge in [0.25, 0.3) is 0 Å². The summed E-state index contributed by atoms with van der Waals surface area (Å²) in [5.41, 5.74) is 2.15. The first-order chi connectivity index (χ1) is 10.8. The molecule has 1 fully saturated rings. The van der Waals surface area contributed by atoms with Crippen molar-refractivity contribution in [1.29, 1.82) is 0 Å². The van der Waals surface area contributed by atoms with E-state index in [4.69, 9.17) is 4.74 Å². The molecule has 0 spiro atoms. The van der Waals surface area contributed by atoms with Crippen molar-refractivity contribution in [3.63, 3.8) is 0 Å². The van der Waals surface area contributed by atoms with E-state index in [1.165, 1.54) is 0 Å². The maximum atomic E-state index is 12.0. The van der Waals surface area contributed by atoms with E-state index in [-0.39, 0.29) is 12.0 Å². The van der Waals surface area contributed by atoms with Crippen molar-refractivity contribution in [3.8, 4) is 11.1 Å². The van der Waals surface area contributed by atoms with E-state index < -0.39 is 0 Å². The first-order valence-electron chi connectivity index (χ1n) is 7.74. The van der Waals surface area contributed by atoms with Gasteiger partial charge in [-0.3, -0.25) is 4.79 Å². The molecule has 0 aliphatic carbocycles. The fraction of sp³-hybridized carbons (Fsp3) is 0.333. The summed E-state index contributed by atoms with van der Waals surface area (Å²) in [7, 11) is 0. The standard InChI is InChI=1S/C18H20N2O2/c21-18(12-16-8-4-5-11-22-16)20-17-10-9-15(13-19-17)14-6-2-1-3-7-14/h1-3,6-7,9-10,13,16H,4-5,8,11-12H2,(H,19,20,21). The fourth-order valence-corrected chi connectivity index (χ4v) is 2.64. The molecule has 0 bridgehead atoms. The lowest BCUT2D eigenvalue weighted by atomic mass is 10.1. The maximum Gasteiger partial charge on any atom is 0.228 e. The Morgan fingerprint density at radius 2 is 2.00 bits per heavy atom. The van der Waals surface area contributed by atoms with Gasteiger partial charge in [0.2, 0.25) is 5.91 Å². The lowest BCUT2D eigenvalue weighted by Gasteiger charge is -2.21. The number of pyridine rings is 1. The van der Waals surface area contributed by atoms with Gasteiger partial charge in [-0.2, -0.15) is 0 Å². The monoisotopic (exact) mass is 296 g/mol. The number of ether oxygens (including phenoxy) is 1. The average molecular weight is 296 g/mol. The van der Waals surface area contributed by atoms with E-state index in [9.17, 15) is 4.79 Å². The molecule has 0 radical (unpaired) electrons. The Hall–Kier alpha value is -2.20. The first-order valence-corrected chi connectivity index (χ1v) is 7.74. The molecule has 2 heterocycles. The number of anilines is 1. The van der Waals surface area contributed by atoms with Gasteiger partial charge in [-0.15, -0.1) is 0 Å². The summed E-state index contributed by atoms with van der Waals surface area (Å²) >= 11 is 0. The molecular weight excluding hydrogens is 276 g/mol. The van der Waals surface area contributed by atoms with Crippen LogP contribution in [0.2, 0.25) is 0 Å². The highest BCUT2D eigenvalue weighted by Crippen LogP contribution is 2.20. The fourth-order valence-electron chi connectivity index (χ4n) is 2.64. The summed E-state index contributed by atoms with van der Waals surface area (Å²) < 4.78 is 5.58. The molecular formula is C18H20N2O2. The molecule has 0 saturated carbocycles. The lowest BCUT2D eigenvalue weighted by Crippen LogP contribution is -2.25. The average Bonchev–Trinajstić information content (AvgIpc) is 2.57. The molecule has 2 aromatic rings. The minimum atomic E-state index is -0.0353. The second-order valence-electron chi connectivity index (χ2n) is 5.54. The normalized spacial score (nSPS) is 17.9. The van der Waals surface area contributed by atoms with Crippen LogP contribution >= 0.6 is 0 Å². The SMILES string of the molecule is O=C(CC1CCCCO1)Nc1ccc(-c2ccccc2)cn1. The Balaban J connectivity index is 1.57. The molecule has 1 saturated heterocycles. The Labute approximate surface area is 130 Å². The molecule has 1 amide bonds. The molecule has 1 atom stereocenters. The zero-order valence-electron chi connectivity index (χ0n) is 12.5. The zero-order chi connectivity index (χ0) is 15.2. The molecule has 4 nitrogen and oxygen atoms in total. The third kappa shape index (κ3) is 3.92. The highest BCUT2D eigenvalue weighted by Gasteiger charge is 2.17. The number of carbonyl (C=O) groups excluding carboxylic acids is 1. The summed E-state index contributed by atoms with van der Waals surface area (Å²) in [6.07, 6.45) is 5.44. The molecule has 1 unspecified atom stereocenters. The largest absolute Gasteiger partial charge is 0.378 e. The number of rotatable bonds is 4. The van der Waals surface area contributed by atoms with Crippen LogP contribution in [0.25, 0.3) is 11.1 Å². The summed E-state index contributed by atoms with van der Waals surface area (Å²) in [6, 6.07) is 13.9. The predicted octanol–water partition coefficient (Wildman–Crippen LogP) is 3.65. The molecule has 22 heavy (non-hydrogen) atoms. The van der Waals surface area contributed by atoms with Gasteiger partial charge in [-0.25, -0.2) is 4.98 Å². The first kappa shape index (κ1) is 14.7. The highest BCUT2D eigenvalue weighted by molar-refractivity contribution is 5.90. The smallest absolute Gasteiger partial charge is 0.228 e. The van der Waals surface area contributed by atoms with E-state index >= 15 is 0 Å². The predicted molar refractivity (Wildman–Crippen MR) is 86.5 cm³/mol. The third-order valence-corrected chi connectivity index (χ3v) is 3.83. The zero-order valence-corrected chi connectivity index (χ0v) is 12.5. The number of aromatic nitrogens is 1. The van der Waals surface area contributed by atoms with Gasteiger partial charge < -0.3 is 10.1 Å². The summed E-state index contributed by atoms with van der Waals surface area (Å²) in [5.74, 6) is 0.548. The number of nitrogens with zero attached hydrogens (tertiary/aromatic N) is 1. The molecule has 1 N–H and O–H groups in total. The van der Waals surface area contributed by atoms with Crippen LogP contribution in [0.4, 0.5) is 5.82 Å². The van der Waals surface area contributed by atoms with E-state index in [2.05, 4.69) is 10.3 Å². The second kappa shape index (κ2) is 7.18. The molecule has 1 aromatic carbocycles. The molecule has 1 aliphatic heterocycles. The van der Waals surface area contributed by atoms with Gasteiger partial charge in [0, 0.05) is 18.4 Å². The van der Waals surface area contributed by atoms with E-state index in [0.717, 1.165) is 37.0 Å². The molecule has 3 rings (SSSR count). The molecule has 4 heteroatoms. The van der Waals surface area contributed by atoms with Crippen LogP contribution in [-0.4, -0.2) is 23.6 Å². The molecule has 1 aromatic heterocycles. The maximum absolute atomic E-state index is 12.0. The van der Waals surface area contributed by atoms with E-state index in [1.54, 1.807) is 6.20 Å². The lowest BCUT2D eigenvalue weighted by molar-refractivity contribution is -0.119.